The molecule has 0 aromatic heterocycles. The maximum absolute atomic E-state index is 11.9. The number of nitrogens with zero attached hydrogens (tertiary/aromatic N) is 1. The summed E-state index contributed by atoms with van der Waals surface area (Å²) < 4.78 is 0. The number of benzene rings is 1. The molecule has 1 unspecified atom stereocenters. The number of nitrogen functional groups attached to an aromatic ring is 1. The number of rotatable bonds is 4. The summed E-state index contributed by atoms with van der Waals surface area (Å²) in [6.45, 7) is 2.11. The van der Waals surface area contributed by atoms with E-state index in [1.54, 1.807) is 18.2 Å². The van der Waals surface area contributed by atoms with Gasteiger partial charge in [0.2, 0.25) is 5.91 Å². The van der Waals surface area contributed by atoms with E-state index in [9.17, 15) is 4.79 Å². The molecule has 0 spiro atoms. The minimum absolute atomic E-state index is 0.104. The SMILES string of the molecule is Nc1cc(Cl)ccc1NC(=O)CN1CCC(CO)C1. The topological polar surface area (TPSA) is 78.6 Å². The van der Waals surface area contributed by atoms with Crippen LogP contribution in [0.4, 0.5) is 11.4 Å². The third-order valence-electron chi connectivity index (χ3n) is 3.28. The first kappa shape index (κ1) is 14.1. The van der Waals surface area contributed by atoms with Crippen LogP contribution in [0.5, 0.6) is 0 Å². The number of hydrogen-bond donors (Lipinski definition) is 3. The van der Waals surface area contributed by atoms with Crippen molar-refractivity contribution in [2.75, 3.05) is 37.3 Å². The van der Waals surface area contributed by atoms with Gasteiger partial charge in [-0.25, -0.2) is 0 Å². The van der Waals surface area contributed by atoms with Crippen LogP contribution in [-0.4, -0.2) is 42.2 Å². The summed E-state index contributed by atoms with van der Waals surface area (Å²) in [6.07, 6.45) is 0.937. The summed E-state index contributed by atoms with van der Waals surface area (Å²) in [5.74, 6) is 0.181. The number of halogens is 1. The van der Waals surface area contributed by atoms with E-state index in [1.165, 1.54) is 0 Å². The average molecular weight is 284 g/mol. The molecule has 1 aliphatic heterocycles. The summed E-state index contributed by atoms with van der Waals surface area (Å²) in [5.41, 5.74) is 6.81. The highest BCUT2D eigenvalue weighted by atomic mass is 35.5. The number of nitrogens with two attached hydrogens (primary N) is 1. The predicted molar refractivity (Wildman–Crippen MR) is 76.1 cm³/mol. The van der Waals surface area contributed by atoms with Crippen molar-refractivity contribution in [2.45, 2.75) is 6.42 Å². The highest BCUT2D eigenvalue weighted by Crippen LogP contribution is 2.22. The molecule has 5 nitrogen and oxygen atoms in total. The van der Waals surface area contributed by atoms with Gasteiger partial charge in [0, 0.05) is 18.2 Å². The molecule has 1 saturated heterocycles. The van der Waals surface area contributed by atoms with Gasteiger partial charge in [0.05, 0.1) is 17.9 Å². The number of carbonyl (C=O) groups excluding carboxylic acids is 1. The fourth-order valence-corrected chi connectivity index (χ4v) is 2.43. The predicted octanol–water partition coefficient (Wildman–Crippen LogP) is 1.17. The molecule has 2 rings (SSSR count). The lowest BCUT2D eigenvalue weighted by Crippen LogP contribution is -2.32. The van der Waals surface area contributed by atoms with E-state index in [2.05, 4.69) is 5.32 Å². The van der Waals surface area contributed by atoms with Gasteiger partial charge in [-0.15, -0.1) is 0 Å². The Labute approximate surface area is 117 Å². The quantitative estimate of drug-likeness (QED) is 0.725. The first-order valence-electron chi connectivity index (χ1n) is 6.26. The Morgan fingerprint density at radius 2 is 2.37 bits per heavy atom. The Balaban J connectivity index is 1.87. The minimum atomic E-state index is -0.104. The van der Waals surface area contributed by atoms with Crippen molar-refractivity contribution in [1.82, 2.24) is 4.90 Å². The summed E-state index contributed by atoms with van der Waals surface area (Å²) in [6, 6.07) is 4.98. The number of aliphatic hydroxyl groups excluding tert-OH is 1. The number of aliphatic hydroxyl groups is 1. The zero-order chi connectivity index (χ0) is 13.8. The molecule has 1 heterocycles. The van der Waals surface area contributed by atoms with Crippen molar-refractivity contribution >= 4 is 28.9 Å². The number of carbonyl (C=O) groups is 1. The van der Waals surface area contributed by atoms with E-state index in [0.29, 0.717) is 22.9 Å². The van der Waals surface area contributed by atoms with Crippen molar-refractivity contribution in [3.63, 3.8) is 0 Å². The van der Waals surface area contributed by atoms with Crippen molar-refractivity contribution in [3.8, 4) is 0 Å². The van der Waals surface area contributed by atoms with Crippen LogP contribution in [0.25, 0.3) is 0 Å². The van der Waals surface area contributed by atoms with E-state index >= 15 is 0 Å². The summed E-state index contributed by atoms with van der Waals surface area (Å²) >= 11 is 5.80. The van der Waals surface area contributed by atoms with Crippen LogP contribution in [0.2, 0.25) is 5.02 Å². The van der Waals surface area contributed by atoms with Gasteiger partial charge in [0.1, 0.15) is 0 Å². The van der Waals surface area contributed by atoms with E-state index in [0.717, 1.165) is 19.5 Å². The molecule has 1 aromatic carbocycles. The average Bonchev–Trinajstić information content (AvgIpc) is 2.80. The minimum Gasteiger partial charge on any atom is -0.397 e. The molecule has 19 heavy (non-hydrogen) atoms. The highest BCUT2D eigenvalue weighted by molar-refractivity contribution is 6.31. The third kappa shape index (κ3) is 3.83. The zero-order valence-electron chi connectivity index (χ0n) is 10.6. The second-order valence-electron chi connectivity index (χ2n) is 4.85. The highest BCUT2D eigenvalue weighted by Gasteiger charge is 2.23. The van der Waals surface area contributed by atoms with Gasteiger partial charge >= 0.3 is 0 Å². The molecule has 1 aliphatic rings. The van der Waals surface area contributed by atoms with Crippen molar-refractivity contribution < 1.29 is 9.90 Å². The molecule has 0 saturated carbocycles. The van der Waals surface area contributed by atoms with Crippen LogP contribution in [0.3, 0.4) is 0 Å². The van der Waals surface area contributed by atoms with Crippen LogP contribution in [0.15, 0.2) is 18.2 Å². The maximum atomic E-state index is 11.9. The smallest absolute Gasteiger partial charge is 0.238 e. The lowest BCUT2D eigenvalue weighted by molar-refractivity contribution is -0.117. The molecule has 6 heteroatoms. The van der Waals surface area contributed by atoms with Crippen LogP contribution >= 0.6 is 11.6 Å². The van der Waals surface area contributed by atoms with Crippen LogP contribution < -0.4 is 11.1 Å². The third-order valence-corrected chi connectivity index (χ3v) is 3.52. The molecular formula is C13H18ClN3O2. The second-order valence-corrected chi connectivity index (χ2v) is 5.29. The summed E-state index contributed by atoms with van der Waals surface area (Å²) in [4.78, 5) is 13.9. The molecule has 1 aromatic rings. The first-order chi connectivity index (χ1) is 9.08. The Hall–Kier alpha value is -1.30. The van der Waals surface area contributed by atoms with Gasteiger partial charge in [-0.2, -0.15) is 0 Å². The van der Waals surface area contributed by atoms with Crippen LogP contribution in [-0.2, 0) is 4.79 Å². The monoisotopic (exact) mass is 283 g/mol. The van der Waals surface area contributed by atoms with Gasteiger partial charge in [-0.3, -0.25) is 9.69 Å². The van der Waals surface area contributed by atoms with Gasteiger partial charge in [-0.1, -0.05) is 11.6 Å². The Kier molecular flexibility index (Phi) is 4.63. The normalized spacial score (nSPS) is 19.6. The fraction of sp³-hybridized carbons (Fsp3) is 0.462. The molecule has 0 aliphatic carbocycles. The summed E-state index contributed by atoms with van der Waals surface area (Å²) in [7, 11) is 0. The first-order valence-corrected chi connectivity index (χ1v) is 6.64. The number of hydrogen-bond acceptors (Lipinski definition) is 4. The molecule has 0 radical (unpaired) electrons. The number of anilines is 2. The van der Waals surface area contributed by atoms with Gasteiger partial charge in [0.25, 0.3) is 0 Å². The molecule has 104 valence electrons. The Morgan fingerprint density at radius 1 is 1.58 bits per heavy atom. The molecule has 1 amide bonds. The lowest BCUT2D eigenvalue weighted by Gasteiger charge is -2.15. The molecular weight excluding hydrogens is 266 g/mol. The van der Waals surface area contributed by atoms with Gasteiger partial charge < -0.3 is 16.2 Å². The van der Waals surface area contributed by atoms with E-state index < -0.39 is 0 Å². The zero-order valence-corrected chi connectivity index (χ0v) is 11.4. The van der Waals surface area contributed by atoms with Crippen LogP contribution in [0, 0.1) is 5.92 Å². The second kappa shape index (κ2) is 6.23. The fourth-order valence-electron chi connectivity index (χ4n) is 2.25. The number of nitrogens with one attached hydrogen (secondary N) is 1. The Bertz CT molecular complexity index is 467. The maximum Gasteiger partial charge on any atom is 0.238 e. The molecule has 1 atom stereocenters. The number of amides is 1. The van der Waals surface area contributed by atoms with Crippen molar-refractivity contribution in [3.05, 3.63) is 23.2 Å². The van der Waals surface area contributed by atoms with Gasteiger partial charge in [-0.05, 0) is 37.1 Å². The lowest BCUT2D eigenvalue weighted by atomic mass is 10.1. The van der Waals surface area contributed by atoms with E-state index in [1.807, 2.05) is 4.90 Å². The molecule has 1 fully saturated rings. The largest absolute Gasteiger partial charge is 0.397 e. The summed E-state index contributed by atoms with van der Waals surface area (Å²) in [5, 5.41) is 12.4. The van der Waals surface area contributed by atoms with E-state index in [4.69, 9.17) is 22.4 Å². The van der Waals surface area contributed by atoms with E-state index in [-0.39, 0.29) is 18.4 Å². The van der Waals surface area contributed by atoms with Crippen LogP contribution in [0.1, 0.15) is 6.42 Å². The van der Waals surface area contributed by atoms with Crippen molar-refractivity contribution in [1.29, 1.82) is 0 Å². The Morgan fingerprint density at radius 3 is 3.00 bits per heavy atom. The molecule has 0 bridgehead atoms. The van der Waals surface area contributed by atoms with Gasteiger partial charge in [0.15, 0.2) is 0 Å². The number of likely N-dealkylation sites (tertiary alicyclic amines) is 1. The molecule has 4 N–H and O–H groups in total. The standard InChI is InChI=1S/C13H18ClN3O2/c14-10-1-2-12(11(15)5-10)16-13(19)7-17-4-3-9(6-17)8-18/h1-2,5,9,18H,3-4,6-8,15H2,(H,16,19). The van der Waals surface area contributed by atoms with Crippen molar-refractivity contribution in [2.24, 2.45) is 5.92 Å².